The van der Waals surface area contributed by atoms with E-state index >= 15 is 0 Å². The first-order chi connectivity index (χ1) is 15.2. The number of aliphatic imine (C=N–C) groups is 1. The average molecular weight is 549 g/mol. The van der Waals surface area contributed by atoms with E-state index in [1.165, 1.54) is 5.56 Å². The predicted molar refractivity (Wildman–Crippen MR) is 138 cm³/mol. The van der Waals surface area contributed by atoms with Gasteiger partial charge in [-0.05, 0) is 43.0 Å². The molecule has 1 aliphatic rings. The summed E-state index contributed by atoms with van der Waals surface area (Å²) >= 11 is 0. The number of halogens is 1. The molecule has 3 N–H and O–H groups in total. The third-order valence-corrected chi connectivity index (χ3v) is 5.07. The van der Waals surface area contributed by atoms with E-state index in [-0.39, 0.29) is 42.3 Å². The van der Waals surface area contributed by atoms with Crippen molar-refractivity contribution in [2.45, 2.75) is 26.3 Å². The number of piperazine rings is 1. The highest BCUT2D eigenvalue weighted by Gasteiger charge is 2.22. The third kappa shape index (κ3) is 8.14. The number of carbonyl (C=O) groups is 2. The highest BCUT2D eigenvalue weighted by molar-refractivity contribution is 14.0. The highest BCUT2D eigenvalue weighted by atomic mass is 127. The van der Waals surface area contributed by atoms with Crippen molar-refractivity contribution in [3.05, 3.63) is 71.3 Å². The molecule has 1 fully saturated rings. The Morgan fingerprint density at radius 1 is 1.06 bits per heavy atom. The van der Waals surface area contributed by atoms with Gasteiger partial charge in [0.15, 0.2) is 5.96 Å². The number of aryl methyl sites for hydroxylation is 1. The van der Waals surface area contributed by atoms with Crippen LogP contribution in [0.3, 0.4) is 0 Å². The van der Waals surface area contributed by atoms with Crippen molar-refractivity contribution in [1.29, 1.82) is 0 Å². The van der Waals surface area contributed by atoms with Crippen molar-refractivity contribution >= 4 is 41.8 Å². The number of carbonyl (C=O) groups excluding carboxylic acids is 2. The summed E-state index contributed by atoms with van der Waals surface area (Å²) in [4.78, 5) is 30.3. The molecule has 0 bridgehead atoms. The van der Waals surface area contributed by atoms with Gasteiger partial charge < -0.3 is 20.9 Å². The maximum Gasteiger partial charge on any atom is 0.254 e. The van der Waals surface area contributed by atoms with Crippen LogP contribution in [-0.2, 0) is 17.8 Å². The Kier molecular flexibility index (Phi) is 11.0. The zero-order chi connectivity index (χ0) is 21.9. The van der Waals surface area contributed by atoms with Crippen LogP contribution in [0.2, 0.25) is 0 Å². The van der Waals surface area contributed by atoms with Gasteiger partial charge in [-0.3, -0.25) is 9.59 Å². The first-order valence-electron chi connectivity index (χ1n) is 10.9. The Hall–Kier alpha value is -2.62. The van der Waals surface area contributed by atoms with Crippen LogP contribution in [0.4, 0.5) is 0 Å². The molecule has 0 unspecified atom stereocenters. The Morgan fingerprint density at radius 3 is 2.50 bits per heavy atom. The monoisotopic (exact) mass is 549 g/mol. The molecular weight excluding hydrogens is 517 g/mol. The lowest BCUT2D eigenvalue weighted by atomic mass is 10.1. The molecule has 0 aliphatic carbocycles. The van der Waals surface area contributed by atoms with Gasteiger partial charge in [0.1, 0.15) is 0 Å². The van der Waals surface area contributed by atoms with Crippen molar-refractivity contribution in [3.63, 3.8) is 0 Å². The second kappa shape index (κ2) is 13.7. The second-order valence-electron chi connectivity index (χ2n) is 7.48. The van der Waals surface area contributed by atoms with E-state index in [9.17, 15) is 9.59 Å². The Morgan fingerprint density at radius 2 is 1.81 bits per heavy atom. The van der Waals surface area contributed by atoms with Crippen LogP contribution < -0.4 is 16.0 Å². The summed E-state index contributed by atoms with van der Waals surface area (Å²) in [6.07, 6.45) is 2.06. The Bertz CT molecular complexity index is 887. The number of guanidine groups is 1. The normalized spacial score (nSPS) is 13.7. The van der Waals surface area contributed by atoms with Crippen LogP contribution in [0.15, 0.2) is 59.6 Å². The maximum atomic E-state index is 12.6. The molecule has 2 aromatic rings. The topological polar surface area (TPSA) is 85.8 Å². The third-order valence-electron chi connectivity index (χ3n) is 5.07. The van der Waals surface area contributed by atoms with E-state index in [4.69, 9.17) is 0 Å². The lowest BCUT2D eigenvalue weighted by molar-refractivity contribution is -0.123. The van der Waals surface area contributed by atoms with Crippen molar-refractivity contribution in [2.24, 2.45) is 4.99 Å². The molecule has 0 radical (unpaired) electrons. The SMILES string of the molecule is CCNC(=NCc1ccc(C(=O)N2CCNC(=O)C2)cc1)NCCCc1ccccc1.I. The largest absolute Gasteiger partial charge is 0.357 e. The van der Waals surface area contributed by atoms with Crippen LogP contribution >= 0.6 is 24.0 Å². The minimum atomic E-state index is -0.113. The highest BCUT2D eigenvalue weighted by Crippen LogP contribution is 2.10. The predicted octanol–water partition coefficient (Wildman–Crippen LogP) is 2.56. The molecule has 1 heterocycles. The van der Waals surface area contributed by atoms with E-state index in [0.29, 0.717) is 25.2 Å². The number of amides is 2. The molecule has 1 saturated heterocycles. The minimum Gasteiger partial charge on any atom is -0.357 e. The number of nitrogens with zero attached hydrogens (tertiary/aromatic N) is 2. The summed E-state index contributed by atoms with van der Waals surface area (Å²) < 4.78 is 0. The van der Waals surface area contributed by atoms with E-state index in [2.05, 4.69) is 45.2 Å². The van der Waals surface area contributed by atoms with E-state index in [1.54, 1.807) is 17.0 Å². The molecule has 3 rings (SSSR count). The van der Waals surface area contributed by atoms with Crippen LogP contribution in [-0.4, -0.2) is 55.4 Å². The van der Waals surface area contributed by atoms with Crippen LogP contribution in [0, 0.1) is 0 Å². The molecule has 0 aromatic heterocycles. The molecule has 8 heteroatoms. The van der Waals surface area contributed by atoms with Crippen molar-refractivity contribution in [1.82, 2.24) is 20.9 Å². The van der Waals surface area contributed by atoms with Gasteiger partial charge in [-0.2, -0.15) is 0 Å². The minimum absolute atomic E-state index is 0. The van der Waals surface area contributed by atoms with Gasteiger partial charge in [0.2, 0.25) is 5.91 Å². The summed E-state index contributed by atoms with van der Waals surface area (Å²) in [5.74, 6) is 0.561. The fourth-order valence-electron chi connectivity index (χ4n) is 3.40. The molecule has 0 atom stereocenters. The fourth-order valence-corrected chi connectivity index (χ4v) is 3.40. The Labute approximate surface area is 207 Å². The quantitative estimate of drug-likeness (QED) is 0.205. The van der Waals surface area contributed by atoms with Crippen LogP contribution in [0.1, 0.15) is 34.8 Å². The number of rotatable bonds is 8. The van der Waals surface area contributed by atoms with Crippen molar-refractivity contribution in [2.75, 3.05) is 32.7 Å². The number of nitrogens with one attached hydrogen (secondary N) is 3. The van der Waals surface area contributed by atoms with Crippen LogP contribution in [0.25, 0.3) is 0 Å². The maximum absolute atomic E-state index is 12.6. The smallest absolute Gasteiger partial charge is 0.254 e. The first-order valence-corrected chi connectivity index (χ1v) is 10.9. The first kappa shape index (κ1) is 25.6. The molecule has 32 heavy (non-hydrogen) atoms. The van der Waals surface area contributed by atoms with Gasteiger partial charge in [0.25, 0.3) is 5.91 Å². The molecule has 0 spiro atoms. The lowest BCUT2D eigenvalue weighted by Crippen LogP contribution is -2.49. The van der Waals surface area contributed by atoms with Gasteiger partial charge in [-0.15, -0.1) is 24.0 Å². The van der Waals surface area contributed by atoms with Crippen molar-refractivity contribution in [3.8, 4) is 0 Å². The molecule has 1 aliphatic heterocycles. The summed E-state index contributed by atoms with van der Waals surface area (Å²) in [7, 11) is 0. The molecule has 2 amide bonds. The van der Waals surface area contributed by atoms with Crippen LogP contribution in [0.5, 0.6) is 0 Å². The van der Waals surface area contributed by atoms with Gasteiger partial charge in [0.05, 0.1) is 13.1 Å². The number of hydrogen-bond acceptors (Lipinski definition) is 3. The molecule has 2 aromatic carbocycles. The number of hydrogen-bond donors (Lipinski definition) is 3. The fraction of sp³-hybridized carbons (Fsp3) is 0.375. The van der Waals surface area contributed by atoms with Gasteiger partial charge >= 0.3 is 0 Å². The van der Waals surface area contributed by atoms with Crippen molar-refractivity contribution < 1.29 is 9.59 Å². The van der Waals surface area contributed by atoms with Gasteiger partial charge in [-0.1, -0.05) is 42.5 Å². The Balaban J connectivity index is 0.00000363. The summed E-state index contributed by atoms with van der Waals surface area (Å²) in [5.41, 5.74) is 2.95. The molecular formula is C24H32IN5O2. The van der Waals surface area contributed by atoms with E-state index in [0.717, 1.165) is 37.5 Å². The molecule has 7 nitrogen and oxygen atoms in total. The average Bonchev–Trinajstić information content (AvgIpc) is 2.81. The lowest BCUT2D eigenvalue weighted by Gasteiger charge is -2.26. The second-order valence-corrected chi connectivity index (χ2v) is 7.48. The zero-order valence-corrected chi connectivity index (χ0v) is 20.8. The van der Waals surface area contributed by atoms with E-state index < -0.39 is 0 Å². The number of benzene rings is 2. The van der Waals surface area contributed by atoms with Gasteiger partial charge in [-0.25, -0.2) is 4.99 Å². The molecule has 0 saturated carbocycles. The molecule has 172 valence electrons. The summed E-state index contributed by atoms with van der Waals surface area (Å²) in [6.45, 7) is 5.37. The summed E-state index contributed by atoms with van der Waals surface area (Å²) in [5, 5.41) is 9.38. The standard InChI is InChI=1S/C24H31N5O2.HI/c1-2-25-24(27-14-6-9-19-7-4-3-5-8-19)28-17-20-10-12-21(13-11-20)23(31)29-16-15-26-22(30)18-29;/h3-5,7-8,10-13H,2,6,9,14-18H2,1H3,(H,26,30)(H2,25,27,28);1H. The summed E-state index contributed by atoms with van der Waals surface area (Å²) in [6, 6.07) is 17.9. The zero-order valence-electron chi connectivity index (χ0n) is 18.5. The van der Waals surface area contributed by atoms with E-state index in [1.807, 2.05) is 25.1 Å². The van der Waals surface area contributed by atoms with Gasteiger partial charge in [0, 0.05) is 31.7 Å².